The molecule has 4 nitrogen and oxygen atoms in total. The molecule has 5 heteroatoms. The van der Waals surface area contributed by atoms with Crippen molar-refractivity contribution in [1.82, 2.24) is 5.32 Å². The Hall–Kier alpha value is -0.320. The molecule has 3 N–H and O–H groups in total. The number of methoxy groups -OCH3 is 1. The zero-order valence-corrected chi connectivity index (χ0v) is 12.6. The van der Waals surface area contributed by atoms with Crippen molar-refractivity contribution < 1.29 is 9.53 Å². The van der Waals surface area contributed by atoms with Crippen LogP contribution in [0.1, 0.15) is 44.9 Å². The van der Waals surface area contributed by atoms with Crippen LogP contribution in [-0.2, 0) is 9.53 Å². The summed E-state index contributed by atoms with van der Waals surface area (Å²) in [5.41, 5.74) is 5.52. The Morgan fingerprint density at radius 1 is 1.37 bits per heavy atom. The van der Waals surface area contributed by atoms with Gasteiger partial charge in [0.1, 0.15) is 0 Å². The predicted octanol–water partition coefficient (Wildman–Crippen LogP) is 1.86. The molecule has 0 radical (unpaired) electrons. The summed E-state index contributed by atoms with van der Waals surface area (Å²) in [6, 6.07) is 0.427. The van der Waals surface area contributed by atoms with Crippen molar-refractivity contribution in [3.63, 3.8) is 0 Å². The second-order valence-corrected chi connectivity index (χ2v) is 5.77. The Balaban J connectivity index is 0.00000180. The van der Waals surface area contributed by atoms with Gasteiger partial charge in [0, 0.05) is 19.7 Å². The largest absolute Gasteiger partial charge is 0.380 e. The van der Waals surface area contributed by atoms with Gasteiger partial charge in [-0.25, -0.2) is 0 Å². The molecule has 0 aromatic rings. The minimum absolute atomic E-state index is 0. The van der Waals surface area contributed by atoms with E-state index in [-0.39, 0.29) is 24.4 Å². The summed E-state index contributed by atoms with van der Waals surface area (Å²) in [6.07, 6.45) is 8.30. The third-order valence-corrected chi connectivity index (χ3v) is 4.45. The van der Waals surface area contributed by atoms with Gasteiger partial charge in [0.2, 0.25) is 5.91 Å². The van der Waals surface area contributed by atoms with Gasteiger partial charge in [-0.15, -0.1) is 12.4 Å². The van der Waals surface area contributed by atoms with Crippen molar-refractivity contribution in [1.29, 1.82) is 0 Å². The Morgan fingerprint density at radius 3 is 2.63 bits per heavy atom. The van der Waals surface area contributed by atoms with Crippen molar-refractivity contribution in [2.45, 2.75) is 57.1 Å². The normalized spacial score (nSPS) is 28.3. The summed E-state index contributed by atoms with van der Waals surface area (Å²) in [7, 11) is 1.60. The molecular formula is C14H27ClN2O2. The first-order chi connectivity index (χ1) is 8.74. The molecule has 0 aliphatic heterocycles. The van der Waals surface area contributed by atoms with Crippen molar-refractivity contribution in [3.8, 4) is 0 Å². The van der Waals surface area contributed by atoms with Crippen LogP contribution in [0.3, 0.4) is 0 Å². The fourth-order valence-corrected chi connectivity index (χ4v) is 3.20. The van der Waals surface area contributed by atoms with E-state index in [4.69, 9.17) is 10.5 Å². The maximum absolute atomic E-state index is 11.8. The van der Waals surface area contributed by atoms with Crippen LogP contribution in [0.5, 0.6) is 0 Å². The van der Waals surface area contributed by atoms with E-state index in [2.05, 4.69) is 5.32 Å². The Morgan fingerprint density at radius 2 is 2.05 bits per heavy atom. The number of carbonyl (C=O) groups excluding carboxylic acids is 1. The molecule has 0 saturated heterocycles. The molecule has 2 aliphatic carbocycles. The van der Waals surface area contributed by atoms with E-state index >= 15 is 0 Å². The van der Waals surface area contributed by atoms with Crippen molar-refractivity contribution in [3.05, 3.63) is 0 Å². The van der Waals surface area contributed by atoms with Crippen molar-refractivity contribution in [2.75, 3.05) is 13.7 Å². The number of ether oxygens (including phenoxy) is 1. The molecule has 0 spiro atoms. The first kappa shape index (κ1) is 16.7. The molecule has 2 fully saturated rings. The molecule has 1 amide bonds. The molecule has 0 aromatic carbocycles. The number of nitrogens with two attached hydrogens (primary N) is 1. The Kier molecular flexibility index (Phi) is 7.11. The molecular weight excluding hydrogens is 264 g/mol. The van der Waals surface area contributed by atoms with Crippen LogP contribution in [0.15, 0.2) is 0 Å². The topological polar surface area (TPSA) is 64.3 Å². The maximum atomic E-state index is 11.8. The average molecular weight is 291 g/mol. The molecule has 0 bridgehead atoms. The van der Waals surface area contributed by atoms with E-state index in [1.54, 1.807) is 7.11 Å². The van der Waals surface area contributed by atoms with E-state index < -0.39 is 0 Å². The van der Waals surface area contributed by atoms with Gasteiger partial charge in [-0.3, -0.25) is 4.79 Å². The number of nitrogens with one attached hydrogen (secondary N) is 1. The number of rotatable bonds is 6. The standard InChI is InChI=1S/C14H26N2O2.ClH/c1-18-11(9-15)7-14(17)16-13-8-12(13)10-5-3-2-4-6-10;/h10-13H,2-9,15H2,1H3,(H,16,17);1H. The molecule has 3 unspecified atom stereocenters. The zero-order valence-electron chi connectivity index (χ0n) is 11.8. The van der Waals surface area contributed by atoms with Gasteiger partial charge in [0.25, 0.3) is 0 Å². The van der Waals surface area contributed by atoms with E-state index in [1.165, 1.54) is 38.5 Å². The Labute approximate surface area is 122 Å². The van der Waals surface area contributed by atoms with Crippen LogP contribution in [0.4, 0.5) is 0 Å². The number of amides is 1. The van der Waals surface area contributed by atoms with Crippen LogP contribution in [0.25, 0.3) is 0 Å². The highest BCUT2D eigenvalue weighted by atomic mass is 35.5. The SMILES string of the molecule is COC(CN)CC(=O)NC1CC1C1CCCCC1.Cl. The van der Waals surface area contributed by atoms with Gasteiger partial charge in [-0.1, -0.05) is 32.1 Å². The van der Waals surface area contributed by atoms with Crippen LogP contribution in [0.2, 0.25) is 0 Å². The van der Waals surface area contributed by atoms with Gasteiger partial charge >= 0.3 is 0 Å². The van der Waals surface area contributed by atoms with Crippen LogP contribution in [0, 0.1) is 11.8 Å². The van der Waals surface area contributed by atoms with Crippen LogP contribution >= 0.6 is 12.4 Å². The fraction of sp³-hybridized carbons (Fsp3) is 0.929. The maximum Gasteiger partial charge on any atom is 0.222 e. The molecule has 3 atom stereocenters. The van der Waals surface area contributed by atoms with E-state index in [0.29, 0.717) is 19.0 Å². The van der Waals surface area contributed by atoms with Gasteiger partial charge < -0.3 is 15.8 Å². The van der Waals surface area contributed by atoms with Crippen molar-refractivity contribution >= 4 is 18.3 Å². The lowest BCUT2D eigenvalue weighted by Crippen LogP contribution is -2.34. The van der Waals surface area contributed by atoms with Gasteiger partial charge in [-0.05, 0) is 18.3 Å². The lowest BCUT2D eigenvalue weighted by Gasteiger charge is -2.21. The molecule has 2 aliphatic rings. The Bertz CT molecular complexity index is 279. The van der Waals surface area contributed by atoms with Crippen LogP contribution < -0.4 is 11.1 Å². The smallest absolute Gasteiger partial charge is 0.222 e. The predicted molar refractivity (Wildman–Crippen MR) is 78.3 cm³/mol. The number of hydrogen-bond donors (Lipinski definition) is 2. The highest BCUT2D eigenvalue weighted by Gasteiger charge is 2.43. The number of halogens is 1. The summed E-state index contributed by atoms with van der Waals surface area (Å²) in [6.45, 7) is 0.403. The monoisotopic (exact) mass is 290 g/mol. The first-order valence-electron chi connectivity index (χ1n) is 7.26. The molecule has 0 heterocycles. The molecule has 0 aromatic heterocycles. The van der Waals surface area contributed by atoms with E-state index in [9.17, 15) is 4.79 Å². The van der Waals surface area contributed by atoms with Gasteiger partial charge in [-0.2, -0.15) is 0 Å². The summed E-state index contributed by atoms with van der Waals surface area (Å²) in [5, 5.41) is 3.13. The lowest BCUT2D eigenvalue weighted by atomic mass is 9.85. The number of carbonyl (C=O) groups is 1. The van der Waals surface area contributed by atoms with Crippen LogP contribution in [-0.4, -0.2) is 31.7 Å². The van der Waals surface area contributed by atoms with Gasteiger partial charge in [0.15, 0.2) is 0 Å². The fourth-order valence-electron chi connectivity index (χ4n) is 3.20. The average Bonchev–Trinajstić information content (AvgIpc) is 3.16. The zero-order chi connectivity index (χ0) is 13.0. The highest BCUT2D eigenvalue weighted by molar-refractivity contribution is 5.85. The number of hydrogen-bond acceptors (Lipinski definition) is 3. The molecule has 2 saturated carbocycles. The minimum Gasteiger partial charge on any atom is -0.380 e. The van der Waals surface area contributed by atoms with E-state index in [0.717, 1.165) is 11.8 Å². The first-order valence-corrected chi connectivity index (χ1v) is 7.26. The summed E-state index contributed by atoms with van der Waals surface area (Å²) in [4.78, 5) is 11.8. The van der Waals surface area contributed by atoms with Gasteiger partial charge in [0.05, 0.1) is 12.5 Å². The highest BCUT2D eigenvalue weighted by Crippen LogP contribution is 2.44. The molecule has 19 heavy (non-hydrogen) atoms. The summed E-state index contributed by atoms with van der Waals surface area (Å²) >= 11 is 0. The third kappa shape index (κ3) is 4.93. The molecule has 112 valence electrons. The second kappa shape index (κ2) is 8.08. The minimum atomic E-state index is -0.142. The molecule has 2 rings (SSSR count). The quantitative estimate of drug-likeness (QED) is 0.785. The summed E-state index contributed by atoms with van der Waals surface area (Å²) in [5.74, 6) is 1.69. The van der Waals surface area contributed by atoms with E-state index in [1.807, 2.05) is 0 Å². The third-order valence-electron chi connectivity index (χ3n) is 4.45. The van der Waals surface area contributed by atoms with Crippen molar-refractivity contribution in [2.24, 2.45) is 17.6 Å². The summed E-state index contributed by atoms with van der Waals surface area (Å²) < 4.78 is 5.13. The second-order valence-electron chi connectivity index (χ2n) is 5.77. The lowest BCUT2D eigenvalue weighted by molar-refractivity contribution is -0.123.